The fourth-order valence-electron chi connectivity index (χ4n) is 3.70. The van der Waals surface area contributed by atoms with E-state index in [4.69, 9.17) is 11.6 Å². The van der Waals surface area contributed by atoms with E-state index in [1.807, 2.05) is 0 Å². The van der Waals surface area contributed by atoms with Crippen molar-refractivity contribution in [2.45, 2.75) is 38.5 Å². The van der Waals surface area contributed by atoms with Crippen molar-refractivity contribution >= 4 is 40.7 Å². The van der Waals surface area contributed by atoms with Crippen LogP contribution >= 0.6 is 11.6 Å². The maximum absolute atomic E-state index is 12.7. The lowest BCUT2D eigenvalue weighted by atomic mass is 9.73. The van der Waals surface area contributed by atoms with E-state index in [1.165, 1.54) is 12.1 Å². The lowest BCUT2D eigenvalue weighted by Crippen LogP contribution is -2.41. The summed E-state index contributed by atoms with van der Waals surface area (Å²) in [6, 6.07) is 3.66. The van der Waals surface area contributed by atoms with E-state index in [-0.39, 0.29) is 34.6 Å². The zero-order valence-electron chi connectivity index (χ0n) is 14.0. The summed E-state index contributed by atoms with van der Waals surface area (Å²) in [5.74, 6) is -1.26. The van der Waals surface area contributed by atoms with E-state index in [1.54, 1.807) is 0 Å². The van der Waals surface area contributed by atoms with Gasteiger partial charge < -0.3 is 5.32 Å². The standard InChI is InChI=1S/C17H18ClN3O5/c18-12-5-4-11(21(25)26)8-13(12)19-14(22)10-20-15(23)9-17(16(20)24)6-2-1-3-7-17/h4-5,8H,1-3,6-7,9-10H2,(H,19,22). The molecule has 0 unspecified atom stereocenters. The molecule has 0 aromatic heterocycles. The summed E-state index contributed by atoms with van der Waals surface area (Å²) >= 11 is 5.95. The van der Waals surface area contributed by atoms with Crippen LogP contribution in [0.5, 0.6) is 0 Å². The summed E-state index contributed by atoms with van der Waals surface area (Å²) in [6.07, 6.45) is 4.36. The summed E-state index contributed by atoms with van der Waals surface area (Å²) in [5.41, 5.74) is -0.810. The molecule has 8 nitrogen and oxygen atoms in total. The molecule has 2 aliphatic rings. The highest BCUT2D eigenvalue weighted by Crippen LogP contribution is 2.45. The smallest absolute Gasteiger partial charge is 0.271 e. The number of imide groups is 1. The Morgan fingerprint density at radius 1 is 1.27 bits per heavy atom. The van der Waals surface area contributed by atoms with Crippen molar-refractivity contribution in [1.82, 2.24) is 4.90 Å². The molecule has 1 aliphatic carbocycles. The number of non-ortho nitro benzene ring substituents is 1. The molecule has 26 heavy (non-hydrogen) atoms. The number of hydrogen-bond acceptors (Lipinski definition) is 5. The van der Waals surface area contributed by atoms with E-state index >= 15 is 0 Å². The van der Waals surface area contributed by atoms with Gasteiger partial charge in [-0.25, -0.2) is 0 Å². The first-order chi connectivity index (χ1) is 12.3. The predicted molar refractivity (Wildman–Crippen MR) is 93.6 cm³/mol. The third kappa shape index (κ3) is 3.41. The lowest BCUT2D eigenvalue weighted by Gasteiger charge is -2.30. The minimum atomic E-state index is -0.654. The monoisotopic (exact) mass is 379 g/mol. The Kier molecular flexibility index (Phi) is 4.95. The summed E-state index contributed by atoms with van der Waals surface area (Å²) in [5, 5.41) is 13.4. The van der Waals surface area contributed by atoms with E-state index in [0.29, 0.717) is 12.8 Å². The van der Waals surface area contributed by atoms with Crippen LogP contribution in [0.2, 0.25) is 5.02 Å². The number of nitrogens with one attached hydrogen (secondary N) is 1. The summed E-state index contributed by atoms with van der Waals surface area (Å²) in [7, 11) is 0. The molecule has 1 saturated heterocycles. The number of halogens is 1. The van der Waals surface area contributed by atoms with Crippen molar-refractivity contribution in [2.75, 3.05) is 11.9 Å². The Balaban J connectivity index is 1.70. The molecular formula is C17H18ClN3O5. The number of rotatable bonds is 4. The second-order valence-electron chi connectivity index (χ2n) is 6.77. The van der Waals surface area contributed by atoms with Crippen molar-refractivity contribution in [3.8, 4) is 0 Å². The van der Waals surface area contributed by atoms with Crippen LogP contribution in [0.3, 0.4) is 0 Å². The van der Waals surface area contributed by atoms with Gasteiger partial charge in [0, 0.05) is 18.6 Å². The third-order valence-corrected chi connectivity index (χ3v) is 5.37. The highest BCUT2D eigenvalue weighted by atomic mass is 35.5. The van der Waals surface area contributed by atoms with Gasteiger partial charge in [-0.2, -0.15) is 0 Å². The predicted octanol–water partition coefficient (Wildman–Crippen LogP) is 2.90. The molecule has 0 radical (unpaired) electrons. The van der Waals surface area contributed by atoms with Crippen LogP contribution in [-0.4, -0.2) is 34.1 Å². The van der Waals surface area contributed by atoms with Crippen LogP contribution in [0.1, 0.15) is 38.5 Å². The number of nitro groups is 1. The average molecular weight is 380 g/mol. The SMILES string of the molecule is O=C(CN1C(=O)CC2(CCCCC2)C1=O)Nc1cc([N+](=O)[O-])ccc1Cl. The minimum absolute atomic E-state index is 0.0670. The maximum atomic E-state index is 12.7. The number of nitro benzene ring substituents is 1. The van der Waals surface area contributed by atoms with Crippen LogP contribution < -0.4 is 5.32 Å². The van der Waals surface area contributed by atoms with Crippen molar-refractivity contribution in [1.29, 1.82) is 0 Å². The molecule has 3 rings (SSSR count). The third-order valence-electron chi connectivity index (χ3n) is 5.04. The Morgan fingerprint density at radius 3 is 2.62 bits per heavy atom. The van der Waals surface area contributed by atoms with E-state index in [9.17, 15) is 24.5 Å². The molecule has 2 fully saturated rings. The Labute approximate surface area is 154 Å². The molecule has 9 heteroatoms. The average Bonchev–Trinajstić information content (AvgIpc) is 2.81. The molecule has 0 atom stereocenters. The minimum Gasteiger partial charge on any atom is -0.323 e. The number of nitrogens with zero attached hydrogens (tertiary/aromatic N) is 2. The van der Waals surface area contributed by atoms with E-state index in [0.717, 1.165) is 30.2 Å². The van der Waals surface area contributed by atoms with Gasteiger partial charge in [-0.3, -0.25) is 29.4 Å². The lowest BCUT2D eigenvalue weighted by molar-refractivity contribution is -0.384. The second-order valence-corrected chi connectivity index (χ2v) is 7.18. The van der Waals surface area contributed by atoms with Gasteiger partial charge in [0.05, 0.1) is 21.0 Å². The van der Waals surface area contributed by atoms with Crippen molar-refractivity contribution in [3.05, 3.63) is 33.3 Å². The van der Waals surface area contributed by atoms with Gasteiger partial charge >= 0.3 is 0 Å². The van der Waals surface area contributed by atoms with E-state index in [2.05, 4.69) is 5.32 Å². The summed E-state index contributed by atoms with van der Waals surface area (Å²) in [6.45, 7) is -0.418. The first-order valence-electron chi connectivity index (χ1n) is 8.41. The zero-order chi connectivity index (χ0) is 18.9. The molecule has 1 N–H and O–H groups in total. The fourth-order valence-corrected chi connectivity index (χ4v) is 3.86. The van der Waals surface area contributed by atoms with Gasteiger partial charge in [-0.15, -0.1) is 0 Å². The van der Waals surface area contributed by atoms with E-state index < -0.39 is 22.8 Å². The molecule has 3 amide bonds. The van der Waals surface area contributed by atoms with Gasteiger partial charge in [0.15, 0.2) is 0 Å². The number of amides is 3. The molecule has 138 valence electrons. The maximum Gasteiger partial charge on any atom is 0.271 e. The molecule has 1 aliphatic heterocycles. The number of carbonyl (C=O) groups is 3. The Bertz CT molecular complexity index is 789. The molecule has 1 aromatic rings. The van der Waals surface area contributed by atoms with Gasteiger partial charge in [-0.1, -0.05) is 30.9 Å². The van der Waals surface area contributed by atoms with Crippen LogP contribution in [0.15, 0.2) is 18.2 Å². The highest BCUT2D eigenvalue weighted by Gasteiger charge is 2.51. The second kappa shape index (κ2) is 7.03. The summed E-state index contributed by atoms with van der Waals surface area (Å²) in [4.78, 5) is 48.5. The van der Waals surface area contributed by atoms with Gasteiger partial charge in [0.2, 0.25) is 17.7 Å². The van der Waals surface area contributed by atoms with Crippen LogP contribution in [0, 0.1) is 15.5 Å². The number of hydrogen-bond donors (Lipinski definition) is 1. The summed E-state index contributed by atoms with van der Waals surface area (Å²) < 4.78 is 0. The van der Waals surface area contributed by atoms with Gasteiger partial charge in [0.1, 0.15) is 6.54 Å². The van der Waals surface area contributed by atoms with Crippen LogP contribution in [0.25, 0.3) is 0 Å². The first kappa shape index (κ1) is 18.3. The highest BCUT2D eigenvalue weighted by molar-refractivity contribution is 6.33. The fraction of sp³-hybridized carbons (Fsp3) is 0.471. The van der Waals surface area contributed by atoms with Crippen LogP contribution in [-0.2, 0) is 14.4 Å². The number of benzene rings is 1. The van der Waals surface area contributed by atoms with Crippen molar-refractivity contribution < 1.29 is 19.3 Å². The molecule has 1 heterocycles. The topological polar surface area (TPSA) is 110 Å². The normalized spacial score (nSPS) is 19.0. The Hall–Kier alpha value is -2.48. The molecule has 1 saturated carbocycles. The van der Waals surface area contributed by atoms with Crippen molar-refractivity contribution in [2.24, 2.45) is 5.41 Å². The Morgan fingerprint density at radius 2 is 1.96 bits per heavy atom. The number of carbonyl (C=O) groups excluding carboxylic acids is 3. The first-order valence-corrected chi connectivity index (χ1v) is 8.79. The van der Waals surface area contributed by atoms with Crippen molar-refractivity contribution in [3.63, 3.8) is 0 Å². The zero-order valence-corrected chi connectivity index (χ0v) is 14.8. The van der Waals surface area contributed by atoms with Crippen LogP contribution in [0.4, 0.5) is 11.4 Å². The molecule has 1 aromatic carbocycles. The molecule has 0 bridgehead atoms. The quantitative estimate of drug-likeness (QED) is 0.491. The number of anilines is 1. The van der Waals surface area contributed by atoms with Gasteiger partial charge in [-0.05, 0) is 18.9 Å². The largest absolute Gasteiger partial charge is 0.323 e. The molecule has 1 spiro atoms. The molecular weight excluding hydrogens is 362 g/mol. The number of likely N-dealkylation sites (tertiary alicyclic amines) is 1. The van der Waals surface area contributed by atoms with Gasteiger partial charge in [0.25, 0.3) is 5.69 Å².